The number of morpholine rings is 1. The molecule has 4 heterocycles. The second kappa shape index (κ2) is 9.49. The zero-order valence-corrected chi connectivity index (χ0v) is 18.9. The Kier molecular flexibility index (Phi) is 6.88. The van der Waals surface area contributed by atoms with Crippen molar-refractivity contribution in [1.29, 1.82) is 0 Å². The fraction of sp³-hybridized carbons (Fsp3) is 1.00. The summed E-state index contributed by atoms with van der Waals surface area (Å²) in [5, 5.41) is 3.79. The van der Waals surface area contributed by atoms with Gasteiger partial charge in [-0.25, -0.2) is 8.78 Å². The average molecular weight is 443 g/mol. The zero-order chi connectivity index (χ0) is 21.4. The van der Waals surface area contributed by atoms with E-state index in [1.165, 1.54) is 0 Å². The van der Waals surface area contributed by atoms with Crippen molar-refractivity contribution in [2.45, 2.75) is 100 Å². The molecule has 4 saturated heterocycles. The Balaban J connectivity index is 1.33. The first-order chi connectivity index (χ1) is 15.1. The average Bonchev–Trinajstić information content (AvgIpc) is 3.01. The van der Waals surface area contributed by atoms with E-state index in [1.807, 2.05) is 0 Å². The van der Waals surface area contributed by atoms with Gasteiger partial charge in [-0.15, -0.1) is 0 Å². The highest BCUT2D eigenvalue weighted by Gasteiger charge is 2.52. The molecule has 2 saturated carbocycles. The number of nitrogens with zero attached hydrogens (tertiary/aromatic N) is 1. The molecule has 4 aliphatic heterocycles. The first-order valence-electron chi connectivity index (χ1n) is 12.7. The molecule has 0 aromatic rings. The van der Waals surface area contributed by atoms with Crippen LogP contribution in [0.3, 0.4) is 0 Å². The first-order valence-corrected chi connectivity index (χ1v) is 12.7. The number of halogens is 2. The number of nitrogens with one attached hydrogen (secondary N) is 1. The molecule has 0 amide bonds. The van der Waals surface area contributed by atoms with Crippen molar-refractivity contribution in [2.75, 3.05) is 39.5 Å². The van der Waals surface area contributed by atoms with Crippen LogP contribution in [-0.2, 0) is 14.2 Å². The van der Waals surface area contributed by atoms with E-state index in [-0.39, 0.29) is 30.0 Å². The maximum absolute atomic E-state index is 14.9. The van der Waals surface area contributed by atoms with Crippen molar-refractivity contribution in [3.8, 4) is 0 Å². The Morgan fingerprint density at radius 1 is 1.03 bits per heavy atom. The number of alkyl halides is 2. The Bertz CT molecular complexity index is 597. The van der Waals surface area contributed by atoms with E-state index >= 15 is 0 Å². The molecule has 2 bridgehead atoms. The summed E-state index contributed by atoms with van der Waals surface area (Å²) in [7, 11) is 0. The molecule has 5 nitrogen and oxygen atoms in total. The zero-order valence-electron chi connectivity index (χ0n) is 18.9. The van der Waals surface area contributed by atoms with E-state index < -0.39 is 18.4 Å². The van der Waals surface area contributed by atoms with E-state index in [2.05, 4.69) is 17.1 Å². The third-order valence-electron chi connectivity index (χ3n) is 8.82. The monoisotopic (exact) mass is 442 g/mol. The minimum Gasteiger partial charge on any atom is -0.378 e. The summed E-state index contributed by atoms with van der Waals surface area (Å²) < 4.78 is 47.7. The molecule has 1 spiro atoms. The van der Waals surface area contributed by atoms with E-state index in [1.54, 1.807) is 0 Å². The summed E-state index contributed by atoms with van der Waals surface area (Å²) in [6.07, 6.45) is 3.94. The van der Waals surface area contributed by atoms with Crippen molar-refractivity contribution in [1.82, 2.24) is 10.2 Å². The van der Waals surface area contributed by atoms with Gasteiger partial charge in [-0.3, -0.25) is 4.90 Å². The number of hydrogen-bond donors (Lipinski definition) is 1. The Labute approximate surface area is 185 Å². The standard InChI is InChI=1S/C24H40F2N2O3/c1-16-13-24(15-29-10-7-27-24)22-14-31-19-5-3-17(4-6-19)20-11-18(25)12-21(26)23(20)30-9-2-8-28(16)22/h16-23,27H,2-15H2,1H3. The molecular formula is C24H40F2N2O3. The lowest BCUT2D eigenvalue weighted by Crippen LogP contribution is -2.63. The highest BCUT2D eigenvalue weighted by molar-refractivity contribution is 5.10. The van der Waals surface area contributed by atoms with Crippen molar-refractivity contribution in [3.63, 3.8) is 0 Å². The molecule has 0 radical (unpaired) electrons. The summed E-state index contributed by atoms with van der Waals surface area (Å²) in [6.45, 7) is 6.87. The van der Waals surface area contributed by atoms with Gasteiger partial charge >= 0.3 is 0 Å². The van der Waals surface area contributed by atoms with E-state index in [4.69, 9.17) is 14.2 Å². The highest BCUT2D eigenvalue weighted by atomic mass is 19.1. The lowest BCUT2D eigenvalue weighted by Gasteiger charge is -2.44. The van der Waals surface area contributed by atoms with Crippen LogP contribution in [0.25, 0.3) is 0 Å². The fourth-order valence-corrected chi connectivity index (χ4v) is 7.30. The second-order valence-corrected chi connectivity index (χ2v) is 10.7. The lowest BCUT2D eigenvalue weighted by atomic mass is 9.70. The third kappa shape index (κ3) is 4.54. The number of rotatable bonds is 0. The number of hydrogen-bond acceptors (Lipinski definition) is 5. The van der Waals surface area contributed by atoms with Crippen molar-refractivity contribution < 1.29 is 23.0 Å². The Morgan fingerprint density at radius 3 is 2.65 bits per heavy atom. The van der Waals surface area contributed by atoms with E-state index in [0.717, 1.165) is 71.4 Å². The molecule has 6 rings (SSSR count). The van der Waals surface area contributed by atoms with Gasteiger partial charge in [-0.1, -0.05) is 0 Å². The van der Waals surface area contributed by atoms with Crippen LogP contribution in [-0.4, -0.2) is 86.6 Å². The molecule has 6 aliphatic rings. The van der Waals surface area contributed by atoms with Gasteiger partial charge in [-0.2, -0.15) is 0 Å². The first kappa shape index (κ1) is 22.5. The Hall–Kier alpha value is -0.340. The maximum Gasteiger partial charge on any atom is 0.129 e. The number of ether oxygens (including phenoxy) is 3. The summed E-state index contributed by atoms with van der Waals surface area (Å²) >= 11 is 0. The molecule has 2 aliphatic carbocycles. The predicted octanol–water partition coefficient (Wildman–Crippen LogP) is 3.26. The number of fused-ring (bicyclic) bond motifs is 6. The van der Waals surface area contributed by atoms with Gasteiger partial charge in [0.1, 0.15) is 12.3 Å². The van der Waals surface area contributed by atoms with Gasteiger partial charge in [0, 0.05) is 32.2 Å². The molecule has 31 heavy (non-hydrogen) atoms. The summed E-state index contributed by atoms with van der Waals surface area (Å²) in [4.78, 5) is 2.56. The van der Waals surface area contributed by atoms with Crippen LogP contribution in [0.2, 0.25) is 0 Å². The van der Waals surface area contributed by atoms with Gasteiger partial charge in [0.05, 0.1) is 43.6 Å². The molecular weight excluding hydrogens is 402 g/mol. The van der Waals surface area contributed by atoms with E-state index in [9.17, 15) is 8.78 Å². The van der Waals surface area contributed by atoms with Crippen LogP contribution in [0.4, 0.5) is 8.78 Å². The van der Waals surface area contributed by atoms with E-state index in [0.29, 0.717) is 25.0 Å². The van der Waals surface area contributed by atoms with Crippen molar-refractivity contribution in [3.05, 3.63) is 0 Å². The van der Waals surface area contributed by atoms with Crippen LogP contribution in [0, 0.1) is 11.8 Å². The van der Waals surface area contributed by atoms with Crippen molar-refractivity contribution >= 4 is 0 Å². The molecule has 7 atom stereocenters. The normalized spacial score (nSPS) is 50.0. The van der Waals surface area contributed by atoms with Gasteiger partial charge in [0.15, 0.2) is 0 Å². The smallest absolute Gasteiger partial charge is 0.129 e. The largest absolute Gasteiger partial charge is 0.378 e. The second-order valence-electron chi connectivity index (χ2n) is 10.7. The van der Waals surface area contributed by atoms with Gasteiger partial charge in [0.2, 0.25) is 0 Å². The minimum absolute atomic E-state index is 0.000947. The molecule has 0 aromatic carbocycles. The summed E-state index contributed by atoms with van der Waals surface area (Å²) in [6, 6.07) is 0.724. The molecule has 6 fully saturated rings. The van der Waals surface area contributed by atoms with Crippen LogP contribution in [0.5, 0.6) is 0 Å². The highest BCUT2D eigenvalue weighted by Crippen LogP contribution is 2.43. The van der Waals surface area contributed by atoms with Crippen molar-refractivity contribution in [2.24, 2.45) is 11.8 Å². The molecule has 178 valence electrons. The fourth-order valence-electron chi connectivity index (χ4n) is 7.30. The molecule has 1 N–H and O–H groups in total. The van der Waals surface area contributed by atoms with Crippen LogP contribution < -0.4 is 5.32 Å². The maximum atomic E-state index is 14.9. The third-order valence-corrected chi connectivity index (χ3v) is 8.82. The van der Waals surface area contributed by atoms with Crippen LogP contribution >= 0.6 is 0 Å². The summed E-state index contributed by atoms with van der Waals surface area (Å²) in [5.41, 5.74) is -0.0402. The Morgan fingerprint density at radius 2 is 1.87 bits per heavy atom. The molecule has 7 unspecified atom stereocenters. The molecule has 7 heteroatoms. The topological polar surface area (TPSA) is 43.0 Å². The lowest BCUT2D eigenvalue weighted by molar-refractivity contribution is -0.110. The predicted molar refractivity (Wildman–Crippen MR) is 115 cm³/mol. The SMILES string of the molecule is CC1CC2(COCCN2)C2COC3CCC(CC3)C3CC(F)CC(F)C3OCCCN12. The van der Waals surface area contributed by atoms with Gasteiger partial charge in [-0.05, 0) is 63.7 Å². The van der Waals surface area contributed by atoms with Gasteiger partial charge in [0.25, 0.3) is 0 Å². The minimum atomic E-state index is -1.18. The van der Waals surface area contributed by atoms with Crippen LogP contribution in [0.1, 0.15) is 58.3 Å². The summed E-state index contributed by atoms with van der Waals surface area (Å²) in [5.74, 6) is 0.361. The quantitative estimate of drug-likeness (QED) is 0.624. The molecule has 0 aromatic heterocycles. The van der Waals surface area contributed by atoms with Crippen LogP contribution in [0.15, 0.2) is 0 Å². The van der Waals surface area contributed by atoms with Gasteiger partial charge < -0.3 is 19.5 Å².